The molecule has 2 saturated heterocycles. The predicted molar refractivity (Wildman–Crippen MR) is 112 cm³/mol. The standard InChI is InChI=1S/C24H32N2O4/c27-22(25-19-5-6-19)15-18-16-24(30-21-4-2-1-3-20(18)21)9-11-26(12-10-24)23(28)17-7-13-29-14-8-17/h1-4,17-19H,5-16H2,(H,25,27)/t18-/m0/s1. The molecule has 30 heavy (non-hydrogen) atoms. The highest BCUT2D eigenvalue weighted by Crippen LogP contribution is 2.46. The zero-order chi connectivity index (χ0) is 20.6. The van der Waals surface area contributed by atoms with E-state index in [1.807, 2.05) is 23.1 Å². The molecule has 6 nitrogen and oxygen atoms in total. The van der Waals surface area contributed by atoms with E-state index >= 15 is 0 Å². The van der Waals surface area contributed by atoms with E-state index in [-0.39, 0.29) is 29.3 Å². The van der Waals surface area contributed by atoms with Gasteiger partial charge in [0.2, 0.25) is 11.8 Å². The number of piperidine rings is 1. The summed E-state index contributed by atoms with van der Waals surface area (Å²) in [5.74, 6) is 1.63. The first kappa shape index (κ1) is 19.9. The number of carbonyl (C=O) groups excluding carboxylic acids is 2. The second-order valence-corrected chi connectivity index (χ2v) is 9.48. The zero-order valence-electron chi connectivity index (χ0n) is 17.6. The molecule has 3 heterocycles. The van der Waals surface area contributed by atoms with E-state index in [4.69, 9.17) is 9.47 Å². The van der Waals surface area contributed by atoms with Crippen LogP contribution in [0.5, 0.6) is 5.75 Å². The summed E-state index contributed by atoms with van der Waals surface area (Å²) in [5.41, 5.74) is 0.875. The lowest BCUT2D eigenvalue weighted by atomic mass is 9.76. The molecule has 6 heteroatoms. The van der Waals surface area contributed by atoms with Crippen LogP contribution < -0.4 is 10.1 Å². The van der Waals surface area contributed by atoms with Gasteiger partial charge in [-0.2, -0.15) is 0 Å². The maximum atomic E-state index is 12.9. The lowest BCUT2D eigenvalue weighted by Gasteiger charge is -2.47. The number of likely N-dealkylation sites (tertiary alicyclic amines) is 1. The summed E-state index contributed by atoms with van der Waals surface area (Å²) < 4.78 is 12.0. The Morgan fingerprint density at radius 2 is 1.80 bits per heavy atom. The van der Waals surface area contributed by atoms with E-state index < -0.39 is 0 Å². The number of benzene rings is 1. The predicted octanol–water partition coefficient (Wildman–Crippen LogP) is 3.01. The number of amides is 2. The van der Waals surface area contributed by atoms with E-state index in [9.17, 15) is 9.59 Å². The fourth-order valence-corrected chi connectivity index (χ4v) is 5.31. The molecule has 3 fully saturated rings. The Morgan fingerprint density at radius 1 is 1.07 bits per heavy atom. The maximum absolute atomic E-state index is 12.9. The summed E-state index contributed by atoms with van der Waals surface area (Å²) in [4.78, 5) is 27.5. The van der Waals surface area contributed by atoms with Crippen molar-refractivity contribution in [2.75, 3.05) is 26.3 Å². The van der Waals surface area contributed by atoms with Gasteiger partial charge in [0.25, 0.3) is 0 Å². The van der Waals surface area contributed by atoms with Crippen molar-refractivity contribution in [3.05, 3.63) is 29.8 Å². The minimum atomic E-state index is -0.272. The summed E-state index contributed by atoms with van der Waals surface area (Å²) in [6, 6.07) is 8.55. The average Bonchev–Trinajstić information content (AvgIpc) is 3.58. The SMILES string of the molecule is O=C(C[C@H]1CC2(CCN(C(=O)C3CCOCC3)CC2)Oc2ccccc21)NC1CC1. The van der Waals surface area contributed by atoms with E-state index in [0.717, 1.165) is 69.3 Å². The van der Waals surface area contributed by atoms with Gasteiger partial charge in [-0.15, -0.1) is 0 Å². The second kappa shape index (κ2) is 8.22. The molecule has 3 aliphatic heterocycles. The van der Waals surface area contributed by atoms with Crippen molar-refractivity contribution >= 4 is 11.8 Å². The minimum absolute atomic E-state index is 0.111. The molecule has 5 rings (SSSR count). The molecule has 2 amide bonds. The molecule has 162 valence electrons. The van der Waals surface area contributed by atoms with Crippen LogP contribution in [0.4, 0.5) is 0 Å². The van der Waals surface area contributed by atoms with Gasteiger partial charge in [-0.05, 0) is 43.7 Å². The highest BCUT2D eigenvalue weighted by atomic mass is 16.5. The first-order valence-electron chi connectivity index (χ1n) is 11.6. The van der Waals surface area contributed by atoms with E-state index in [0.29, 0.717) is 25.7 Å². The number of ether oxygens (including phenoxy) is 2. The average molecular weight is 413 g/mol. The monoisotopic (exact) mass is 412 g/mol. The van der Waals surface area contributed by atoms with Gasteiger partial charge in [0.1, 0.15) is 11.4 Å². The van der Waals surface area contributed by atoms with Gasteiger partial charge >= 0.3 is 0 Å². The molecule has 0 radical (unpaired) electrons. The van der Waals surface area contributed by atoms with Gasteiger partial charge < -0.3 is 19.7 Å². The van der Waals surface area contributed by atoms with E-state index in [1.165, 1.54) is 0 Å². The molecule has 1 spiro atoms. The summed E-state index contributed by atoms with van der Waals surface area (Å²) in [6.07, 6.45) is 6.91. The van der Waals surface area contributed by atoms with Crippen LogP contribution in [0.2, 0.25) is 0 Å². The topological polar surface area (TPSA) is 67.9 Å². The minimum Gasteiger partial charge on any atom is -0.487 e. The molecule has 4 aliphatic rings. The Labute approximate surface area is 178 Å². The van der Waals surface area contributed by atoms with Crippen molar-refractivity contribution in [1.82, 2.24) is 10.2 Å². The molecule has 1 atom stereocenters. The smallest absolute Gasteiger partial charge is 0.225 e. The lowest BCUT2D eigenvalue weighted by Crippen LogP contribution is -2.53. The first-order valence-corrected chi connectivity index (χ1v) is 11.6. The summed E-state index contributed by atoms with van der Waals surface area (Å²) in [5, 5.41) is 3.14. The quantitative estimate of drug-likeness (QED) is 0.826. The van der Waals surface area contributed by atoms with Gasteiger partial charge in [0.15, 0.2) is 0 Å². The number of nitrogens with zero attached hydrogens (tertiary/aromatic N) is 1. The second-order valence-electron chi connectivity index (χ2n) is 9.48. The third kappa shape index (κ3) is 4.20. The molecular weight excluding hydrogens is 380 g/mol. The van der Waals surface area contributed by atoms with Crippen LogP contribution in [0.25, 0.3) is 0 Å². The van der Waals surface area contributed by atoms with Gasteiger partial charge in [-0.25, -0.2) is 0 Å². The fourth-order valence-electron chi connectivity index (χ4n) is 5.31. The molecule has 0 unspecified atom stereocenters. The summed E-state index contributed by atoms with van der Waals surface area (Å²) in [6.45, 7) is 2.86. The Morgan fingerprint density at radius 3 is 2.53 bits per heavy atom. The molecule has 1 N–H and O–H groups in total. The molecular formula is C24H32N2O4. The number of para-hydroxylation sites is 1. The van der Waals surface area contributed by atoms with Gasteiger partial charge in [0.05, 0.1) is 0 Å². The van der Waals surface area contributed by atoms with Crippen LogP contribution in [0, 0.1) is 5.92 Å². The van der Waals surface area contributed by atoms with Crippen molar-refractivity contribution in [2.24, 2.45) is 5.92 Å². The normalized spacial score (nSPS) is 26.0. The third-order valence-electron chi connectivity index (χ3n) is 7.23. The Kier molecular flexibility index (Phi) is 5.44. The number of hydrogen-bond acceptors (Lipinski definition) is 4. The van der Waals surface area contributed by atoms with Crippen LogP contribution in [0.3, 0.4) is 0 Å². The number of rotatable bonds is 4. The first-order chi connectivity index (χ1) is 14.6. The lowest BCUT2D eigenvalue weighted by molar-refractivity contribution is -0.142. The van der Waals surface area contributed by atoms with Gasteiger partial charge in [-0.3, -0.25) is 9.59 Å². The number of nitrogens with one attached hydrogen (secondary N) is 1. The molecule has 0 bridgehead atoms. The van der Waals surface area contributed by atoms with Gasteiger partial charge in [-0.1, -0.05) is 18.2 Å². The van der Waals surface area contributed by atoms with Crippen molar-refractivity contribution in [1.29, 1.82) is 0 Å². The number of carbonyl (C=O) groups is 2. The van der Waals surface area contributed by atoms with E-state index in [1.54, 1.807) is 0 Å². The number of fused-ring (bicyclic) bond motifs is 1. The molecule has 1 saturated carbocycles. The van der Waals surface area contributed by atoms with Crippen LogP contribution in [0.15, 0.2) is 24.3 Å². The fraction of sp³-hybridized carbons (Fsp3) is 0.667. The molecule has 1 aromatic rings. The Bertz CT molecular complexity index is 792. The third-order valence-corrected chi connectivity index (χ3v) is 7.23. The van der Waals surface area contributed by atoms with Crippen molar-refractivity contribution in [2.45, 2.75) is 68.9 Å². The zero-order valence-corrected chi connectivity index (χ0v) is 17.6. The van der Waals surface area contributed by atoms with Crippen molar-refractivity contribution in [3.63, 3.8) is 0 Å². The van der Waals surface area contributed by atoms with Crippen LogP contribution >= 0.6 is 0 Å². The van der Waals surface area contributed by atoms with Crippen LogP contribution in [0.1, 0.15) is 62.8 Å². The molecule has 1 aromatic carbocycles. The van der Waals surface area contributed by atoms with Crippen LogP contribution in [-0.2, 0) is 14.3 Å². The Balaban J connectivity index is 1.26. The Hall–Kier alpha value is -2.08. The van der Waals surface area contributed by atoms with E-state index in [2.05, 4.69) is 11.4 Å². The molecule has 0 aromatic heterocycles. The van der Waals surface area contributed by atoms with Crippen LogP contribution in [-0.4, -0.2) is 54.7 Å². The molecule has 1 aliphatic carbocycles. The largest absolute Gasteiger partial charge is 0.487 e. The van der Waals surface area contributed by atoms with Crippen molar-refractivity contribution in [3.8, 4) is 5.75 Å². The highest BCUT2D eigenvalue weighted by molar-refractivity contribution is 5.79. The van der Waals surface area contributed by atoms with Crippen molar-refractivity contribution < 1.29 is 19.1 Å². The summed E-state index contributed by atoms with van der Waals surface area (Å²) >= 11 is 0. The summed E-state index contributed by atoms with van der Waals surface area (Å²) in [7, 11) is 0. The maximum Gasteiger partial charge on any atom is 0.225 e. The highest BCUT2D eigenvalue weighted by Gasteiger charge is 2.45. The van der Waals surface area contributed by atoms with Gasteiger partial charge in [0, 0.05) is 63.4 Å². The number of hydrogen-bond donors (Lipinski definition) is 1.